The summed E-state index contributed by atoms with van der Waals surface area (Å²) in [5.41, 5.74) is -0.698. The highest BCUT2D eigenvalue weighted by molar-refractivity contribution is 6.19. The Morgan fingerprint density at radius 2 is 2.56 bits per heavy atom. The van der Waals surface area contributed by atoms with E-state index in [0.29, 0.717) is 11.5 Å². The number of hydrogen-bond donors (Lipinski definition) is 1. The largest absolute Gasteiger partial charge is 0.372 e. The molecule has 50 valence electrons. The molecule has 9 heavy (non-hydrogen) atoms. The van der Waals surface area contributed by atoms with E-state index in [1.165, 1.54) is 0 Å². The zero-order chi connectivity index (χ0) is 6.85. The lowest BCUT2D eigenvalue weighted by molar-refractivity contribution is 0.248. The maximum Gasteiger partial charge on any atom is 0.173 e. The van der Waals surface area contributed by atoms with Crippen LogP contribution >= 0.6 is 11.6 Å². The SMILES string of the molecule is Cc1cc(C(O)Cl)no1. The summed E-state index contributed by atoms with van der Waals surface area (Å²) in [7, 11) is 0. The van der Waals surface area contributed by atoms with Crippen LogP contribution in [-0.2, 0) is 0 Å². The van der Waals surface area contributed by atoms with Gasteiger partial charge in [-0.25, -0.2) is 0 Å². The van der Waals surface area contributed by atoms with Gasteiger partial charge in [0.15, 0.2) is 5.56 Å². The minimum absolute atomic E-state index is 0.356. The molecule has 0 amide bonds. The van der Waals surface area contributed by atoms with Gasteiger partial charge in [-0.2, -0.15) is 0 Å². The Balaban J connectivity index is 2.85. The summed E-state index contributed by atoms with van der Waals surface area (Å²) in [6.07, 6.45) is 0. The first kappa shape index (κ1) is 6.58. The molecule has 1 N–H and O–H groups in total. The van der Waals surface area contributed by atoms with E-state index in [4.69, 9.17) is 16.7 Å². The summed E-state index contributed by atoms with van der Waals surface area (Å²) in [5, 5.41) is 12.1. The van der Waals surface area contributed by atoms with E-state index in [-0.39, 0.29) is 0 Å². The molecule has 0 aromatic carbocycles. The molecule has 1 atom stereocenters. The molecule has 0 radical (unpaired) electrons. The van der Waals surface area contributed by atoms with Crippen molar-refractivity contribution in [2.45, 2.75) is 12.5 Å². The lowest BCUT2D eigenvalue weighted by atomic mass is 10.4. The average molecular weight is 148 g/mol. The fraction of sp³-hybridized carbons (Fsp3) is 0.400. The third kappa shape index (κ3) is 1.43. The lowest BCUT2D eigenvalue weighted by Crippen LogP contribution is -1.85. The molecule has 1 aromatic heterocycles. The second-order valence-electron chi connectivity index (χ2n) is 1.70. The molecule has 0 bridgehead atoms. The molecule has 0 aliphatic rings. The second kappa shape index (κ2) is 2.37. The van der Waals surface area contributed by atoms with Crippen molar-refractivity contribution in [1.82, 2.24) is 5.16 Å². The van der Waals surface area contributed by atoms with Gasteiger partial charge < -0.3 is 9.63 Å². The highest BCUT2D eigenvalue weighted by atomic mass is 35.5. The Labute approximate surface area is 57.2 Å². The Morgan fingerprint density at radius 3 is 2.78 bits per heavy atom. The number of aliphatic hydroxyl groups is 1. The Hall–Kier alpha value is -0.540. The second-order valence-corrected chi connectivity index (χ2v) is 2.11. The van der Waals surface area contributed by atoms with Crippen LogP contribution in [0.15, 0.2) is 10.6 Å². The van der Waals surface area contributed by atoms with E-state index in [2.05, 4.69) is 9.68 Å². The summed E-state index contributed by atoms with van der Waals surface area (Å²) in [5.74, 6) is 0.643. The number of aromatic nitrogens is 1. The van der Waals surface area contributed by atoms with Crippen molar-refractivity contribution < 1.29 is 9.63 Å². The van der Waals surface area contributed by atoms with E-state index in [9.17, 15) is 0 Å². The molecule has 1 unspecified atom stereocenters. The van der Waals surface area contributed by atoms with Gasteiger partial charge in [0.05, 0.1) is 0 Å². The van der Waals surface area contributed by atoms with Crippen LogP contribution in [0.2, 0.25) is 0 Å². The highest BCUT2D eigenvalue weighted by Gasteiger charge is 2.06. The Morgan fingerprint density at radius 1 is 1.89 bits per heavy atom. The molecule has 1 aromatic rings. The minimum atomic E-state index is -1.05. The van der Waals surface area contributed by atoms with Gasteiger partial charge in [-0.15, -0.1) is 0 Å². The first-order valence-corrected chi connectivity index (χ1v) is 2.89. The van der Waals surface area contributed by atoms with Crippen molar-refractivity contribution in [2.24, 2.45) is 0 Å². The van der Waals surface area contributed by atoms with Gasteiger partial charge in [0.2, 0.25) is 0 Å². The van der Waals surface area contributed by atoms with Gasteiger partial charge in [-0.1, -0.05) is 16.8 Å². The minimum Gasteiger partial charge on any atom is -0.372 e. The van der Waals surface area contributed by atoms with Crippen molar-refractivity contribution in [3.63, 3.8) is 0 Å². The van der Waals surface area contributed by atoms with Crippen LogP contribution in [0.5, 0.6) is 0 Å². The first-order valence-electron chi connectivity index (χ1n) is 2.45. The Bertz CT molecular complexity index is 197. The van der Waals surface area contributed by atoms with Gasteiger partial charge in [-0.3, -0.25) is 0 Å². The molecule has 0 aliphatic carbocycles. The molecular weight excluding hydrogens is 142 g/mol. The van der Waals surface area contributed by atoms with Gasteiger partial charge in [0.1, 0.15) is 11.5 Å². The zero-order valence-electron chi connectivity index (χ0n) is 4.84. The Kier molecular flexibility index (Phi) is 1.73. The third-order valence-electron chi connectivity index (χ3n) is 0.890. The number of hydrogen-bond acceptors (Lipinski definition) is 3. The van der Waals surface area contributed by atoms with Crippen LogP contribution in [0.3, 0.4) is 0 Å². The summed E-state index contributed by atoms with van der Waals surface area (Å²) in [6, 6.07) is 1.58. The summed E-state index contributed by atoms with van der Waals surface area (Å²) >= 11 is 5.25. The van der Waals surface area contributed by atoms with Crippen LogP contribution in [0.1, 0.15) is 17.0 Å². The molecule has 1 rings (SSSR count). The van der Waals surface area contributed by atoms with E-state index in [1.807, 2.05) is 0 Å². The molecule has 0 fully saturated rings. The maximum atomic E-state index is 8.68. The standard InChI is InChI=1S/C5H6ClNO2/c1-3-2-4(5(6)8)7-9-3/h2,5,8H,1H3. The first-order chi connectivity index (χ1) is 4.20. The third-order valence-corrected chi connectivity index (χ3v) is 1.11. The van der Waals surface area contributed by atoms with Crippen LogP contribution < -0.4 is 0 Å². The van der Waals surface area contributed by atoms with E-state index < -0.39 is 5.56 Å². The van der Waals surface area contributed by atoms with Crippen LogP contribution in [0, 0.1) is 6.92 Å². The van der Waals surface area contributed by atoms with Crippen molar-refractivity contribution in [1.29, 1.82) is 0 Å². The fourth-order valence-electron chi connectivity index (χ4n) is 0.498. The van der Waals surface area contributed by atoms with E-state index in [1.54, 1.807) is 13.0 Å². The zero-order valence-corrected chi connectivity index (χ0v) is 5.59. The monoisotopic (exact) mass is 147 g/mol. The van der Waals surface area contributed by atoms with Crippen molar-refractivity contribution in [3.05, 3.63) is 17.5 Å². The predicted molar refractivity (Wildman–Crippen MR) is 32.1 cm³/mol. The van der Waals surface area contributed by atoms with Gasteiger partial charge >= 0.3 is 0 Å². The lowest BCUT2D eigenvalue weighted by Gasteiger charge is -1.89. The molecule has 0 saturated heterocycles. The number of alkyl halides is 1. The predicted octanol–water partition coefficient (Wildman–Crippen LogP) is 1.21. The van der Waals surface area contributed by atoms with Crippen molar-refractivity contribution in [2.75, 3.05) is 0 Å². The summed E-state index contributed by atoms with van der Waals surface area (Å²) in [4.78, 5) is 0. The molecular formula is C5H6ClNO2. The fourth-order valence-corrected chi connectivity index (χ4v) is 0.601. The van der Waals surface area contributed by atoms with E-state index in [0.717, 1.165) is 0 Å². The number of aryl methyl sites for hydroxylation is 1. The number of nitrogens with zero attached hydrogens (tertiary/aromatic N) is 1. The highest BCUT2D eigenvalue weighted by Crippen LogP contribution is 2.15. The van der Waals surface area contributed by atoms with Gasteiger partial charge in [0.25, 0.3) is 0 Å². The summed E-state index contributed by atoms with van der Waals surface area (Å²) in [6.45, 7) is 1.73. The van der Waals surface area contributed by atoms with Crippen LogP contribution in [0.25, 0.3) is 0 Å². The molecule has 1 heterocycles. The smallest absolute Gasteiger partial charge is 0.173 e. The van der Waals surface area contributed by atoms with Crippen LogP contribution in [-0.4, -0.2) is 10.3 Å². The summed E-state index contributed by atoms with van der Waals surface area (Å²) < 4.78 is 4.63. The molecule has 0 spiro atoms. The van der Waals surface area contributed by atoms with Crippen molar-refractivity contribution >= 4 is 11.6 Å². The van der Waals surface area contributed by atoms with E-state index >= 15 is 0 Å². The van der Waals surface area contributed by atoms with Gasteiger partial charge in [-0.05, 0) is 6.92 Å². The molecule has 0 saturated carbocycles. The van der Waals surface area contributed by atoms with Gasteiger partial charge in [0, 0.05) is 6.07 Å². The number of rotatable bonds is 1. The molecule has 3 nitrogen and oxygen atoms in total. The maximum absolute atomic E-state index is 8.68. The number of aliphatic hydroxyl groups excluding tert-OH is 1. The quantitative estimate of drug-likeness (QED) is 0.608. The van der Waals surface area contributed by atoms with Crippen molar-refractivity contribution in [3.8, 4) is 0 Å². The topological polar surface area (TPSA) is 46.3 Å². The van der Waals surface area contributed by atoms with Crippen LogP contribution in [0.4, 0.5) is 0 Å². The number of halogens is 1. The normalized spacial score (nSPS) is 13.7. The average Bonchev–Trinajstić information content (AvgIpc) is 2.14. The molecule has 4 heteroatoms. The molecule has 0 aliphatic heterocycles.